The Hall–Kier alpha value is -3.93. The molecule has 3 aromatic rings. The van der Waals surface area contributed by atoms with Crippen molar-refractivity contribution in [3.8, 4) is 17.2 Å². The first kappa shape index (κ1) is 21.9. The van der Waals surface area contributed by atoms with Crippen molar-refractivity contribution in [2.45, 2.75) is 24.8 Å². The van der Waals surface area contributed by atoms with Crippen LogP contribution in [-0.4, -0.2) is 27.1 Å². The molecule has 1 aliphatic heterocycles. The average molecular weight is 457 g/mol. The van der Waals surface area contributed by atoms with Gasteiger partial charge in [0.05, 0.1) is 38.7 Å². The zero-order valence-corrected chi connectivity index (χ0v) is 19.6. The van der Waals surface area contributed by atoms with E-state index >= 15 is 0 Å². The van der Waals surface area contributed by atoms with E-state index in [1.165, 1.54) is 0 Å². The molecule has 2 N–H and O–H groups in total. The Morgan fingerprint density at radius 2 is 1.56 bits per heavy atom. The molecule has 0 amide bonds. The SMILES string of the molecule is COc1cccc(C2CC(=O)C3=C(C2)Nc2ccccc2NC3c2ccc(OC)cc2OC)c1. The molecule has 1 aliphatic carbocycles. The monoisotopic (exact) mass is 456 g/mol. The molecule has 0 fully saturated rings. The third kappa shape index (κ3) is 3.96. The smallest absolute Gasteiger partial charge is 0.163 e. The lowest BCUT2D eigenvalue weighted by atomic mass is 9.78. The number of hydrogen-bond donors (Lipinski definition) is 2. The van der Waals surface area contributed by atoms with Crippen molar-refractivity contribution in [1.29, 1.82) is 0 Å². The molecule has 2 atom stereocenters. The molecule has 0 saturated carbocycles. The Labute approximate surface area is 199 Å². The van der Waals surface area contributed by atoms with Gasteiger partial charge in [0.25, 0.3) is 0 Å². The number of nitrogens with one attached hydrogen (secondary N) is 2. The lowest BCUT2D eigenvalue weighted by molar-refractivity contribution is -0.116. The highest BCUT2D eigenvalue weighted by atomic mass is 16.5. The highest BCUT2D eigenvalue weighted by Crippen LogP contribution is 2.46. The van der Waals surface area contributed by atoms with Gasteiger partial charge >= 0.3 is 0 Å². The van der Waals surface area contributed by atoms with Crippen LogP contribution in [0.5, 0.6) is 17.2 Å². The van der Waals surface area contributed by atoms with Crippen LogP contribution in [0, 0.1) is 0 Å². The number of ether oxygens (including phenoxy) is 3. The van der Waals surface area contributed by atoms with Gasteiger partial charge in [0, 0.05) is 29.3 Å². The number of hydrogen-bond acceptors (Lipinski definition) is 6. The molecule has 0 spiro atoms. The Bertz CT molecular complexity index is 1270. The number of allylic oxidation sites excluding steroid dienone is 1. The average Bonchev–Trinajstić information content (AvgIpc) is 3.05. The second-order valence-corrected chi connectivity index (χ2v) is 8.55. The summed E-state index contributed by atoms with van der Waals surface area (Å²) in [6.45, 7) is 0. The molecule has 34 heavy (non-hydrogen) atoms. The van der Waals surface area contributed by atoms with Crippen LogP contribution in [0.2, 0.25) is 0 Å². The molecule has 2 aliphatic rings. The molecule has 6 heteroatoms. The highest BCUT2D eigenvalue weighted by molar-refractivity contribution is 6.01. The van der Waals surface area contributed by atoms with Crippen LogP contribution in [0.3, 0.4) is 0 Å². The van der Waals surface area contributed by atoms with Crippen molar-refractivity contribution in [3.05, 3.63) is 89.1 Å². The molecule has 174 valence electrons. The fraction of sp³-hybridized carbons (Fsp3) is 0.250. The summed E-state index contributed by atoms with van der Waals surface area (Å²) in [4.78, 5) is 13.7. The van der Waals surface area contributed by atoms with Gasteiger partial charge in [-0.2, -0.15) is 0 Å². The van der Waals surface area contributed by atoms with Gasteiger partial charge in [-0.05, 0) is 54.3 Å². The fourth-order valence-electron chi connectivity index (χ4n) is 4.91. The number of carbonyl (C=O) groups excluding carboxylic acids is 1. The molecule has 5 rings (SSSR count). The van der Waals surface area contributed by atoms with Crippen LogP contribution in [0.1, 0.15) is 35.9 Å². The summed E-state index contributed by atoms with van der Waals surface area (Å²) < 4.78 is 16.5. The lowest BCUT2D eigenvalue weighted by Gasteiger charge is -2.30. The maximum Gasteiger partial charge on any atom is 0.163 e. The first-order valence-corrected chi connectivity index (χ1v) is 11.4. The van der Waals surface area contributed by atoms with Gasteiger partial charge in [0.15, 0.2) is 5.78 Å². The predicted octanol–water partition coefficient (Wildman–Crippen LogP) is 5.69. The number of anilines is 2. The highest BCUT2D eigenvalue weighted by Gasteiger charge is 2.37. The van der Waals surface area contributed by atoms with Gasteiger partial charge in [-0.3, -0.25) is 4.79 Å². The largest absolute Gasteiger partial charge is 0.497 e. The molecular formula is C28H28N2O4. The van der Waals surface area contributed by atoms with Crippen LogP contribution in [0.15, 0.2) is 78.0 Å². The normalized spacial score (nSPS) is 19.2. The Morgan fingerprint density at radius 1 is 0.794 bits per heavy atom. The van der Waals surface area contributed by atoms with Crippen molar-refractivity contribution >= 4 is 17.2 Å². The molecule has 0 bridgehead atoms. The molecule has 0 aromatic heterocycles. The number of rotatable bonds is 5. The number of carbonyl (C=O) groups is 1. The van der Waals surface area contributed by atoms with E-state index in [4.69, 9.17) is 14.2 Å². The van der Waals surface area contributed by atoms with Crippen LogP contribution in [0.4, 0.5) is 11.4 Å². The number of benzene rings is 3. The lowest BCUT2D eigenvalue weighted by Crippen LogP contribution is -2.27. The molecular weight excluding hydrogens is 428 g/mol. The van der Waals surface area contributed by atoms with E-state index in [0.717, 1.165) is 45.9 Å². The fourth-order valence-corrected chi connectivity index (χ4v) is 4.91. The van der Waals surface area contributed by atoms with E-state index in [9.17, 15) is 4.79 Å². The third-order valence-corrected chi connectivity index (χ3v) is 6.63. The zero-order valence-electron chi connectivity index (χ0n) is 19.6. The van der Waals surface area contributed by atoms with Crippen LogP contribution >= 0.6 is 0 Å². The Kier molecular flexibility index (Phi) is 5.88. The maximum atomic E-state index is 13.7. The van der Waals surface area contributed by atoms with E-state index < -0.39 is 0 Å². The second-order valence-electron chi connectivity index (χ2n) is 8.55. The minimum absolute atomic E-state index is 0.0672. The molecule has 0 saturated heterocycles. The number of ketones is 1. The predicted molar refractivity (Wildman–Crippen MR) is 133 cm³/mol. The summed E-state index contributed by atoms with van der Waals surface area (Å²) in [7, 11) is 4.93. The Morgan fingerprint density at radius 3 is 2.32 bits per heavy atom. The van der Waals surface area contributed by atoms with Gasteiger partial charge in [0.1, 0.15) is 17.2 Å². The van der Waals surface area contributed by atoms with Gasteiger partial charge < -0.3 is 24.8 Å². The van der Waals surface area contributed by atoms with E-state index in [0.29, 0.717) is 17.9 Å². The van der Waals surface area contributed by atoms with Gasteiger partial charge in [0.2, 0.25) is 0 Å². The van der Waals surface area contributed by atoms with Crippen molar-refractivity contribution in [2.75, 3.05) is 32.0 Å². The minimum atomic E-state index is -0.356. The minimum Gasteiger partial charge on any atom is -0.497 e. The van der Waals surface area contributed by atoms with Crippen molar-refractivity contribution < 1.29 is 19.0 Å². The summed E-state index contributed by atoms with van der Waals surface area (Å²) >= 11 is 0. The van der Waals surface area contributed by atoms with Crippen molar-refractivity contribution in [2.24, 2.45) is 0 Å². The topological polar surface area (TPSA) is 68.8 Å². The quantitative estimate of drug-likeness (QED) is 0.514. The summed E-state index contributed by atoms with van der Waals surface area (Å²) in [6, 6.07) is 21.4. The van der Waals surface area contributed by atoms with Crippen molar-refractivity contribution in [3.63, 3.8) is 0 Å². The van der Waals surface area contributed by atoms with Crippen molar-refractivity contribution in [1.82, 2.24) is 0 Å². The molecule has 2 unspecified atom stereocenters. The molecule has 0 radical (unpaired) electrons. The summed E-state index contributed by atoms with van der Waals surface area (Å²) in [5.74, 6) is 2.36. The van der Waals surface area contributed by atoms with Crippen LogP contribution in [-0.2, 0) is 4.79 Å². The van der Waals surface area contributed by atoms with Gasteiger partial charge in [-0.15, -0.1) is 0 Å². The molecule has 6 nitrogen and oxygen atoms in total. The summed E-state index contributed by atoms with van der Waals surface area (Å²) in [6.07, 6.45) is 1.15. The molecule has 3 aromatic carbocycles. The van der Waals surface area contributed by atoms with Crippen LogP contribution < -0.4 is 24.8 Å². The first-order chi connectivity index (χ1) is 16.6. The first-order valence-electron chi connectivity index (χ1n) is 11.4. The van der Waals surface area contributed by atoms with Gasteiger partial charge in [-0.25, -0.2) is 0 Å². The standard InChI is InChI=1S/C28H28N2O4/c1-32-19-8-6-7-17(13-19)18-14-24-27(25(31)15-18)28(30-23-10-5-4-9-22(23)29-24)21-12-11-20(33-2)16-26(21)34-3/h4-13,16,18,28-30H,14-15H2,1-3H3. The van der Waals surface area contributed by atoms with E-state index in [1.54, 1.807) is 21.3 Å². The maximum absolute atomic E-state index is 13.7. The second kappa shape index (κ2) is 9.14. The van der Waals surface area contributed by atoms with Crippen LogP contribution in [0.25, 0.3) is 0 Å². The summed E-state index contributed by atoms with van der Waals surface area (Å²) in [5.41, 5.74) is 5.56. The number of methoxy groups -OCH3 is 3. The number of fused-ring (bicyclic) bond motifs is 1. The Balaban J connectivity index is 1.62. The number of Topliss-reactive ketones (excluding diaryl/α,β-unsaturated/α-hetero) is 1. The van der Waals surface area contributed by atoms with E-state index in [1.807, 2.05) is 60.7 Å². The summed E-state index contributed by atoms with van der Waals surface area (Å²) in [5, 5.41) is 7.19. The zero-order chi connectivity index (χ0) is 23.7. The molecule has 1 heterocycles. The van der Waals surface area contributed by atoms with Gasteiger partial charge in [-0.1, -0.05) is 24.3 Å². The van der Waals surface area contributed by atoms with E-state index in [-0.39, 0.29) is 17.7 Å². The third-order valence-electron chi connectivity index (χ3n) is 6.63. The van der Waals surface area contributed by atoms with E-state index in [2.05, 4.69) is 16.7 Å². The number of para-hydroxylation sites is 2.